The second kappa shape index (κ2) is 7.71. The summed E-state index contributed by atoms with van der Waals surface area (Å²) in [6.07, 6.45) is 0.873. The fourth-order valence-corrected chi connectivity index (χ4v) is 2.77. The maximum atomic E-state index is 12.0. The predicted molar refractivity (Wildman–Crippen MR) is 98.8 cm³/mol. The summed E-state index contributed by atoms with van der Waals surface area (Å²) in [5.41, 5.74) is 1.84. The van der Waals surface area contributed by atoms with Gasteiger partial charge in [-0.3, -0.25) is 4.79 Å². The van der Waals surface area contributed by atoms with Gasteiger partial charge in [0.15, 0.2) is 0 Å². The number of ether oxygens (including phenoxy) is 1. The van der Waals surface area contributed by atoms with E-state index >= 15 is 0 Å². The van der Waals surface area contributed by atoms with E-state index in [4.69, 9.17) is 4.74 Å². The van der Waals surface area contributed by atoms with Gasteiger partial charge in [-0.2, -0.15) is 0 Å². The average Bonchev–Trinajstić information content (AvgIpc) is 2.65. The minimum Gasteiger partial charge on any atom is -0.508 e. The monoisotopic (exact) mass is 335 g/mol. The number of para-hydroxylation sites is 1. The quantitative estimate of drug-likeness (QED) is 0.720. The molecular formula is C21H21NO3. The van der Waals surface area contributed by atoms with Crippen LogP contribution in [0.25, 0.3) is 10.8 Å². The molecule has 0 saturated heterocycles. The van der Waals surface area contributed by atoms with Crippen LogP contribution in [0.3, 0.4) is 0 Å². The number of hydrogen-bond acceptors (Lipinski definition) is 3. The Balaban J connectivity index is 1.56. The molecule has 0 saturated carbocycles. The van der Waals surface area contributed by atoms with Crippen LogP contribution in [-0.2, 0) is 17.8 Å². The van der Waals surface area contributed by atoms with E-state index in [-0.39, 0.29) is 11.7 Å². The van der Waals surface area contributed by atoms with Gasteiger partial charge in [0.1, 0.15) is 11.5 Å². The topological polar surface area (TPSA) is 58.6 Å². The smallest absolute Gasteiger partial charge is 0.220 e. The minimum absolute atomic E-state index is 0.0296. The zero-order valence-corrected chi connectivity index (χ0v) is 14.2. The molecule has 25 heavy (non-hydrogen) atoms. The van der Waals surface area contributed by atoms with Crippen LogP contribution in [0.4, 0.5) is 0 Å². The first-order chi connectivity index (χ1) is 12.2. The predicted octanol–water partition coefficient (Wildman–Crippen LogP) is 3.80. The fourth-order valence-electron chi connectivity index (χ4n) is 2.77. The van der Waals surface area contributed by atoms with Crippen molar-refractivity contribution in [2.45, 2.75) is 19.4 Å². The summed E-state index contributed by atoms with van der Waals surface area (Å²) in [6, 6.07) is 19.1. The molecule has 3 rings (SSSR count). The van der Waals surface area contributed by atoms with Crippen molar-refractivity contribution >= 4 is 16.7 Å². The third-order valence-electron chi connectivity index (χ3n) is 4.21. The Morgan fingerprint density at radius 3 is 2.60 bits per heavy atom. The van der Waals surface area contributed by atoms with Gasteiger partial charge in [0.25, 0.3) is 0 Å². The van der Waals surface area contributed by atoms with Crippen molar-refractivity contribution in [3.05, 3.63) is 71.8 Å². The molecule has 1 amide bonds. The molecule has 3 aromatic carbocycles. The van der Waals surface area contributed by atoms with Gasteiger partial charge in [-0.15, -0.1) is 0 Å². The highest BCUT2D eigenvalue weighted by Gasteiger charge is 2.06. The number of nitrogens with one attached hydrogen (secondary N) is 1. The van der Waals surface area contributed by atoms with Crippen molar-refractivity contribution in [3.63, 3.8) is 0 Å². The minimum atomic E-state index is -0.0296. The SMILES string of the molecule is COc1ccc2cc(CNC(=O)CCc3ccccc3O)ccc2c1. The Bertz CT molecular complexity index is 889. The summed E-state index contributed by atoms with van der Waals surface area (Å²) in [7, 11) is 1.65. The number of aromatic hydroxyl groups is 1. The van der Waals surface area contributed by atoms with E-state index in [1.807, 2.05) is 42.5 Å². The number of fused-ring (bicyclic) bond motifs is 1. The highest BCUT2D eigenvalue weighted by molar-refractivity contribution is 5.84. The lowest BCUT2D eigenvalue weighted by Gasteiger charge is -2.08. The molecule has 0 spiro atoms. The van der Waals surface area contributed by atoms with E-state index in [0.29, 0.717) is 19.4 Å². The molecule has 0 aliphatic carbocycles. The molecular weight excluding hydrogens is 314 g/mol. The highest BCUT2D eigenvalue weighted by Crippen LogP contribution is 2.22. The third-order valence-corrected chi connectivity index (χ3v) is 4.21. The normalized spacial score (nSPS) is 10.6. The van der Waals surface area contributed by atoms with Crippen LogP contribution < -0.4 is 10.1 Å². The summed E-state index contributed by atoms with van der Waals surface area (Å²) < 4.78 is 5.23. The van der Waals surface area contributed by atoms with Crippen LogP contribution in [0.15, 0.2) is 60.7 Å². The molecule has 128 valence electrons. The van der Waals surface area contributed by atoms with Gasteiger partial charge >= 0.3 is 0 Å². The summed E-state index contributed by atoms with van der Waals surface area (Å²) in [5.74, 6) is 1.04. The lowest BCUT2D eigenvalue weighted by molar-refractivity contribution is -0.121. The van der Waals surface area contributed by atoms with Crippen LogP contribution >= 0.6 is 0 Å². The molecule has 0 atom stereocenters. The number of phenols is 1. The number of amides is 1. The first-order valence-electron chi connectivity index (χ1n) is 8.26. The molecule has 4 nitrogen and oxygen atoms in total. The van der Waals surface area contributed by atoms with Gasteiger partial charge < -0.3 is 15.2 Å². The van der Waals surface area contributed by atoms with Crippen LogP contribution in [0.5, 0.6) is 11.5 Å². The van der Waals surface area contributed by atoms with Crippen LogP contribution in [0, 0.1) is 0 Å². The Labute approximate surface area is 147 Å². The van der Waals surface area contributed by atoms with Crippen molar-refractivity contribution in [1.29, 1.82) is 0 Å². The largest absolute Gasteiger partial charge is 0.508 e. The number of methoxy groups -OCH3 is 1. The number of hydrogen-bond donors (Lipinski definition) is 2. The standard InChI is InChI=1S/C21H21NO3/c1-25-19-10-8-17-12-15(6-7-18(17)13-19)14-22-21(24)11-9-16-4-2-3-5-20(16)23/h2-8,10,12-13,23H,9,11,14H2,1H3,(H,22,24). The van der Waals surface area contributed by atoms with Crippen LogP contribution in [0.1, 0.15) is 17.5 Å². The van der Waals surface area contributed by atoms with Gasteiger partial charge in [0.2, 0.25) is 5.91 Å². The lowest BCUT2D eigenvalue weighted by Crippen LogP contribution is -2.22. The van der Waals surface area contributed by atoms with Crippen molar-refractivity contribution in [3.8, 4) is 11.5 Å². The van der Waals surface area contributed by atoms with Crippen molar-refractivity contribution in [1.82, 2.24) is 5.32 Å². The maximum absolute atomic E-state index is 12.0. The molecule has 2 N–H and O–H groups in total. The number of benzene rings is 3. The van der Waals surface area contributed by atoms with E-state index in [0.717, 1.165) is 27.6 Å². The van der Waals surface area contributed by atoms with Gasteiger partial charge in [-0.05, 0) is 52.6 Å². The lowest BCUT2D eigenvalue weighted by atomic mass is 10.1. The first kappa shape index (κ1) is 16.8. The molecule has 0 unspecified atom stereocenters. The Morgan fingerprint density at radius 2 is 1.80 bits per heavy atom. The van der Waals surface area contributed by atoms with E-state index in [2.05, 4.69) is 11.4 Å². The van der Waals surface area contributed by atoms with E-state index in [9.17, 15) is 9.90 Å². The summed E-state index contributed by atoms with van der Waals surface area (Å²) in [6.45, 7) is 0.488. The van der Waals surface area contributed by atoms with E-state index in [1.165, 1.54) is 0 Å². The van der Waals surface area contributed by atoms with Gasteiger partial charge in [-0.1, -0.05) is 36.4 Å². The number of rotatable bonds is 6. The third kappa shape index (κ3) is 4.29. The molecule has 4 heteroatoms. The van der Waals surface area contributed by atoms with Gasteiger partial charge in [0, 0.05) is 13.0 Å². The second-order valence-electron chi connectivity index (χ2n) is 5.95. The Morgan fingerprint density at radius 1 is 1.04 bits per heavy atom. The average molecular weight is 335 g/mol. The Kier molecular flexibility index (Phi) is 5.19. The summed E-state index contributed by atoms with van der Waals surface area (Å²) in [4.78, 5) is 12.0. The van der Waals surface area contributed by atoms with Crippen molar-refractivity contribution in [2.75, 3.05) is 7.11 Å². The molecule has 0 bridgehead atoms. The molecule has 0 fully saturated rings. The fraction of sp³-hybridized carbons (Fsp3) is 0.190. The zero-order valence-electron chi connectivity index (χ0n) is 14.2. The van der Waals surface area contributed by atoms with Crippen molar-refractivity contribution < 1.29 is 14.6 Å². The van der Waals surface area contributed by atoms with Crippen molar-refractivity contribution in [2.24, 2.45) is 0 Å². The second-order valence-corrected chi connectivity index (χ2v) is 5.95. The number of carbonyl (C=O) groups excluding carboxylic acids is 1. The molecule has 0 aliphatic rings. The van der Waals surface area contributed by atoms with Crippen LogP contribution in [-0.4, -0.2) is 18.1 Å². The Hall–Kier alpha value is -3.01. The number of aryl methyl sites for hydroxylation is 1. The molecule has 0 heterocycles. The number of carbonyl (C=O) groups is 1. The van der Waals surface area contributed by atoms with E-state index < -0.39 is 0 Å². The first-order valence-corrected chi connectivity index (χ1v) is 8.26. The molecule has 3 aromatic rings. The summed E-state index contributed by atoms with van der Waals surface area (Å²) in [5, 5.41) is 14.9. The van der Waals surface area contributed by atoms with Crippen LogP contribution in [0.2, 0.25) is 0 Å². The van der Waals surface area contributed by atoms with E-state index in [1.54, 1.807) is 19.2 Å². The maximum Gasteiger partial charge on any atom is 0.220 e. The van der Waals surface area contributed by atoms with Gasteiger partial charge in [0.05, 0.1) is 7.11 Å². The molecule has 0 radical (unpaired) electrons. The molecule has 0 aliphatic heterocycles. The highest BCUT2D eigenvalue weighted by atomic mass is 16.5. The molecule has 0 aromatic heterocycles. The summed E-state index contributed by atoms with van der Waals surface area (Å²) >= 11 is 0. The zero-order chi connectivity index (χ0) is 17.6. The number of phenolic OH excluding ortho intramolecular Hbond substituents is 1. The van der Waals surface area contributed by atoms with Gasteiger partial charge in [-0.25, -0.2) is 0 Å².